The van der Waals surface area contributed by atoms with Gasteiger partial charge in [0.15, 0.2) is 0 Å². The molecule has 1 saturated heterocycles. The highest BCUT2D eigenvalue weighted by Gasteiger charge is 2.51. The van der Waals surface area contributed by atoms with Gasteiger partial charge >= 0.3 is 7.82 Å². The number of benzene rings is 1. The number of hydrogen-bond donors (Lipinski definition) is 1. The van der Waals surface area contributed by atoms with E-state index in [2.05, 4.69) is 10.6 Å². The molecule has 0 radical (unpaired) electrons. The number of carbonyl (C=O) groups is 1. The second-order valence-corrected chi connectivity index (χ2v) is 8.40. The summed E-state index contributed by atoms with van der Waals surface area (Å²) in [4.78, 5) is 23.9. The maximum atomic E-state index is 12.4. The van der Waals surface area contributed by atoms with Gasteiger partial charge in [0.05, 0.1) is 17.7 Å². The first-order valence-corrected chi connectivity index (χ1v) is 9.77. The summed E-state index contributed by atoms with van der Waals surface area (Å²) in [7, 11) is -3.25. The molecule has 1 aromatic rings. The molecule has 3 atom stereocenters. The van der Waals surface area contributed by atoms with Crippen molar-refractivity contribution in [2.75, 3.05) is 13.7 Å². The maximum Gasteiger partial charge on any atom is 0.472 e. The van der Waals surface area contributed by atoms with E-state index < -0.39 is 25.6 Å². The third-order valence-electron chi connectivity index (χ3n) is 4.73. The summed E-state index contributed by atoms with van der Waals surface area (Å²) in [5.74, 6) is 0.448. The summed E-state index contributed by atoms with van der Waals surface area (Å²) in [5.41, 5.74) is -0.0212. The molecule has 9 heteroatoms. The molecule has 0 spiro atoms. The van der Waals surface area contributed by atoms with Crippen molar-refractivity contribution in [1.29, 1.82) is 5.26 Å². The number of hydrogen-bond acceptors (Lipinski definition) is 6. The van der Waals surface area contributed by atoms with Crippen LogP contribution in [0.4, 0.5) is 0 Å². The van der Waals surface area contributed by atoms with Crippen LogP contribution in [0.2, 0.25) is 0 Å². The molecular weight excluding hydrogens is 359 g/mol. The van der Waals surface area contributed by atoms with Gasteiger partial charge < -0.3 is 14.5 Å². The maximum absolute atomic E-state index is 12.4. The third kappa shape index (κ3) is 3.36. The summed E-state index contributed by atoms with van der Waals surface area (Å²) in [6, 6.07) is 6.34. The Morgan fingerprint density at radius 3 is 2.77 bits per heavy atom. The zero-order chi connectivity index (χ0) is 19.1. The molecule has 26 heavy (non-hydrogen) atoms. The van der Waals surface area contributed by atoms with Gasteiger partial charge in [0.25, 0.3) is 0 Å². The van der Waals surface area contributed by atoms with Crippen LogP contribution in [0.25, 0.3) is 0 Å². The fourth-order valence-corrected chi connectivity index (χ4v) is 4.23. The Bertz CT molecular complexity index is 818. The molecule has 1 N–H and O–H groups in total. The Labute approximate surface area is 151 Å². The predicted octanol–water partition coefficient (Wildman–Crippen LogP) is 2.52. The lowest BCUT2D eigenvalue weighted by Crippen LogP contribution is -2.54. The minimum Gasteiger partial charge on any atom is -0.485 e. The van der Waals surface area contributed by atoms with Crippen molar-refractivity contribution < 1.29 is 28.0 Å². The number of phosphoric ester groups is 1. The largest absolute Gasteiger partial charge is 0.485 e. The van der Waals surface area contributed by atoms with Gasteiger partial charge in [-0.1, -0.05) is 0 Å². The molecule has 0 aliphatic carbocycles. The average Bonchev–Trinajstić information content (AvgIpc) is 3.00. The van der Waals surface area contributed by atoms with Gasteiger partial charge in [-0.3, -0.25) is 13.8 Å². The molecule has 2 aliphatic heterocycles. The van der Waals surface area contributed by atoms with Crippen molar-refractivity contribution in [2.45, 2.75) is 44.4 Å². The van der Waals surface area contributed by atoms with E-state index in [0.29, 0.717) is 36.3 Å². The minimum atomic E-state index is -4.33. The van der Waals surface area contributed by atoms with Crippen molar-refractivity contribution in [1.82, 2.24) is 4.90 Å². The lowest BCUT2D eigenvalue weighted by Gasteiger charge is -2.47. The lowest BCUT2D eigenvalue weighted by molar-refractivity contribution is -0.139. The van der Waals surface area contributed by atoms with Crippen molar-refractivity contribution in [3.05, 3.63) is 29.3 Å². The molecule has 0 bridgehead atoms. The zero-order valence-electron chi connectivity index (χ0n) is 14.8. The number of ether oxygens (including phenoxy) is 1. The monoisotopic (exact) mass is 380 g/mol. The van der Waals surface area contributed by atoms with E-state index in [1.807, 2.05) is 0 Å². The first-order valence-electron chi connectivity index (χ1n) is 8.28. The van der Waals surface area contributed by atoms with E-state index >= 15 is 0 Å². The highest BCUT2D eigenvalue weighted by molar-refractivity contribution is 7.47. The van der Waals surface area contributed by atoms with Crippen LogP contribution in [0.15, 0.2) is 18.2 Å². The van der Waals surface area contributed by atoms with E-state index in [4.69, 9.17) is 9.26 Å². The quantitative estimate of drug-likeness (QED) is 0.800. The standard InChI is InChI=1S/C17H21N2O6P/c1-17(2)16(25-26(21,22)23-3)15(19-8-4-5-14(19)20)12-9-11(10-18)6-7-13(12)24-17/h6-7,9,15-16H,4-5,8H2,1-3H3,(H,21,22)/t15-,16+/m0/s1. The number of nitriles is 1. The molecular formula is C17H21N2O6P. The summed E-state index contributed by atoms with van der Waals surface area (Å²) in [5, 5.41) is 9.23. The predicted molar refractivity (Wildman–Crippen MR) is 91.3 cm³/mol. The number of amides is 1. The first kappa shape index (κ1) is 18.9. The fraction of sp³-hybridized carbons (Fsp3) is 0.529. The zero-order valence-corrected chi connectivity index (χ0v) is 15.7. The molecule has 8 nitrogen and oxygen atoms in total. The van der Waals surface area contributed by atoms with E-state index in [0.717, 1.165) is 7.11 Å². The molecule has 3 rings (SSSR count). The third-order valence-corrected chi connectivity index (χ3v) is 5.68. The van der Waals surface area contributed by atoms with Crippen LogP contribution in [-0.4, -0.2) is 41.1 Å². The molecule has 2 aliphatic rings. The molecule has 140 valence electrons. The van der Waals surface area contributed by atoms with Crippen molar-refractivity contribution in [3.8, 4) is 11.8 Å². The topological polar surface area (TPSA) is 109 Å². The van der Waals surface area contributed by atoms with E-state index in [-0.39, 0.29) is 5.91 Å². The van der Waals surface area contributed by atoms with Gasteiger partial charge in [-0.05, 0) is 38.5 Å². The van der Waals surface area contributed by atoms with Crippen LogP contribution in [0.3, 0.4) is 0 Å². The molecule has 0 aromatic heterocycles. The van der Waals surface area contributed by atoms with E-state index in [1.54, 1.807) is 36.9 Å². The number of rotatable bonds is 4. The Morgan fingerprint density at radius 2 is 2.19 bits per heavy atom. The van der Waals surface area contributed by atoms with Gasteiger partial charge in [-0.2, -0.15) is 5.26 Å². The Kier molecular flexibility index (Phi) is 4.84. The van der Waals surface area contributed by atoms with Crippen molar-refractivity contribution >= 4 is 13.7 Å². The first-order chi connectivity index (χ1) is 12.2. The number of phosphoric acid groups is 1. The summed E-state index contributed by atoms with van der Waals surface area (Å²) in [6.07, 6.45) is 0.137. The lowest BCUT2D eigenvalue weighted by atomic mass is 9.85. The smallest absolute Gasteiger partial charge is 0.472 e. The summed E-state index contributed by atoms with van der Waals surface area (Å²) >= 11 is 0. The van der Waals surface area contributed by atoms with Crippen LogP contribution in [-0.2, 0) is 18.4 Å². The van der Waals surface area contributed by atoms with Gasteiger partial charge in [-0.25, -0.2) is 4.57 Å². The van der Waals surface area contributed by atoms with E-state index in [1.165, 1.54) is 0 Å². The molecule has 1 fully saturated rings. The minimum absolute atomic E-state index is 0.0696. The Hall–Kier alpha value is -1.91. The fourth-order valence-electron chi connectivity index (χ4n) is 3.49. The molecule has 1 aromatic carbocycles. The number of fused-ring (bicyclic) bond motifs is 1. The average molecular weight is 380 g/mol. The molecule has 1 amide bonds. The van der Waals surface area contributed by atoms with Crippen LogP contribution in [0.1, 0.15) is 43.9 Å². The molecule has 0 saturated carbocycles. The van der Waals surface area contributed by atoms with Crippen LogP contribution >= 0.6 is 7.82 Å². The normalized spacial score (nSPS) is 26.6. The summed E-state index contributed by atoms with van der Waals surface area (Å²) < 4.78 is 28.1. The highest BCUT2D eigenvalue weighted by atomic mass is 31.2. The van der Waals surface area contributed by atoms with Crippen LogP contribution < -0.4 is 4.74 Å². The second kappa shape index (κ2) is 6.67. The van der Waals surface area contributed by atoms with Gasteiger partial charge in [0.1, 0.15) is 17.5 Å². The van der Waals surface area contributed by atoms with Gasteiger partial charge in [0, 0.05) is 25.6 Å². The van der Waals surface area contributed by atoms with Gasteiger partial charge in [0.2, 0.25) is 5.91 Å². The molecule has 1 unspecified atom stereocenters. The second-order valence-electron chi connectivity index (χ2n) is 6.88. The number of nitrogens with zero attached hydrogens (tertiary/aromatic N) is 2. The number of carbonyl (C=O) groups excluding carboxylic acids is 1. The van der Waals surface area contributed by atoms with Crippen molar-refractivity contribution in [3.63, 3.8) is 0 Å². The van der Waals surface area contributed by atoms with E-state index in [9.17, 15) is 19.5 Å². The molecule has 2 heterocycles. The number of likely N-dealkylation sites (tertiary alicyclic amines) is 1. The SMILES string of the molecule is COP(=O)(O)O[C@@H]1[C@@H](N2CCCC2=O)c2cc(C#N)ccc2OC1(C)C. The Morgan fingerprint density at radius 1 is 1.46 bits per heavy atom. The van der Waals surface area contributed by atoms with Gasteiger partial charge in [-0.15, -0.1) is 0 Å². The Balaban J connectivity index is 2.15. The highest BCUT2D eigenvalue weighted by Crippen LogP contribution is 2.53. The van der Waals surface area contributed by atoms with Crippen LogP contribution in [0, 0.1) is 11.3 Å². The summed E-state index contributed by atoms with van der Waals surface area (Å²) in [6.45, 7) is 3.95. The van der Waals surface area contributed by atoms with Crippen molar-refractivity contribution in [2.24, 2.45) is 0 Å². The van der Waals surface area contributed by atoms with Crippen LogP contribution in [0.5, 0.6) is 5.75 Å².